The fraction of sp³-hybridized carbons (Fsp3) is 0.211. The number of hydrogen-bond acceptors (Lipinski definition) is 4. The number of amides is 2. The zero-order valence-electron chi connectivity index (χ0n) is 13.8. The smallest absolute Gasteiger partial charge is 0.248 e. The van der Waals surface area contributed by atoms with Gasteiger partial charge in [-0.05, 0) is 42.0 Å². The van der Waals surface area contributed by atoms with E-state index in [1.807, 2.05) is 30.3 Å². The molecule has 1 atom stereocenters. The van der Waals surface area contributed by atoms with E-state index < -0.39 is 6.04 Å². The number of anilines is 1. The number of carbonyl (C=O) groups is 2. The molecule has 2 amide bonds. The Hall–Kier alpha value is -2.30. The number of nitrogens with zero attached hydrogens (tertiary/aromatic N) is 2. The van der Waals surface area contributed by atoms with Gasteiger partial charge in [0.15, 0.2) is 0 Å². The summed E-state index contributed by atoms with van der Waals surface area (Å²) < 4.78 is 0.963. The molecule has 1 heterocycles. The predicted octanol–water partition coefficient (Wildman–Crippen LogP) is 3.40. The molecule has 0 saturated carbocycles. The lowest BCUT2D eigenvalue weighted by Gasteiger charge is -2.23. The fourth-order valence-corrected chi connectivity index (χ4v) is 4.08. The predicted molar refractivity (Wildman–Crippen MR) is 106 cm³/mol. The van der Waals surface area contributed by atoms with Crippen molar-refractivity contribution in [1.29, 1.82) is 5.26 Å². The topological polar surface area (TPSA) is 73.2 Å². The number of halogens is 1. The first-order valence-corrected chi connectivity index (χ1v) is 9.94. The zero-order valence-corrected chi connectivity index (χ0v) is 16.2. The van der Waals surface area contributed by atoms with Crippen LogP contribution in [0.25, 0.3) is 0 Å². The lowest BCUT2D eigenvalue weighted by Crippen LogP contribution is -2.45. The maximum atomic E-state index is 12.6. The minimum atomic E-state index is -0.487. The molecule has 1 aliphatic rings. The summed E-state index contributed by atoms with van der Waals surface area (Å²) in [6, 6.07) is 15.8. The summed E-state index contributed by atoms with van der Waals surface area (Å²) in [5.41, 5.74) is 2.07. The molecule has 2 aromatic carbocycles. The highest BCUT2D eigenvalue weighted by atomic mass is 79.9. The first-order valence-electron chi connectivity index (χ1n) is 7.99. The van der Waals surface area contributed by atoms with Gasteiger partial charge in [0.1, 0.15) is 6.04 Å². The third-order valence-electron chi connectivity index (χ3n) is 4.06. The molecule has 1 N–H and O–H groups in total. The third kappa shape index (κ3) is 4.45. The Balaban J connectivity index is 1.64. The van der Waals surface area contributed by atoms with Gasteiger partial charge in [0.2, 0.25) is 11.8 Å². The SMILES string of the molecule is N#Cc1ccc(NC(=O)C2CSCN2C(=O)Cc2ccc(Br)cc2)cc1. The first-order chi connectivity index (χ1) is 12.6. The quantitative estimate of drug-likeness (QED) is 0.807. The fourth-order valence-electron chi connectivity index (χ4n) is 2.64. The van der Waals surface area contributed by atoms with E-state index >= 15 is 0 Å². The van der Waals surface area contributed by atoms with Crippen LogP contribution in [0.2, 0.25) is 0 Å². The van der Waals surface area contributed by atoms with Crippen LogP contribution in [0, 0.1) is 11.3 Å². The summed E-state index contributed by atoms with van der Waals surface area (Å²) in [4.78, 5) is 26.9. The summed E-state index contributed by atoms with van der Waals surface area (Å²) in [5.74, 6) is 0.829. The van der Waals surface area contributed by atoms with Crippen molar-refractivity contribution in [2.75, 3.05) is 16.9 Å². The van der Waals surface area contributed by atoms with E-state index in [4.69, 9.17) is 5.26 Å². The molecule has 0 aliphatic carbocycles. The summed E-state index contributed by atoms with van der Waals surface area (Å²) in [7, 11) is 0. The standard InChI is InChI=1S/C19H16BrN3O2S/c20-15-5-1-13(2-6-15)9-18(24)23-12-26-11-17(23)19(25)22-16-7-3-14(10-21)4-8-16/h1-8,17H,9,11-12H2,(H,22,25). The molecular weight excluding hydrogens is 414 g/mol. The molecule has 3 rings (SSSR count). The van der Waals surface area contributed by atoms with E-state index in [0.29, 0.717) is 22.9 Å². The summed E-state index contributed by atoms with van der Waals surface area (Å²) in [6.07, 6.45) is 0.272. The second-order valence-electron chi connectivity index (χ2n) is 5.86. The van der Waals surface area contributed by atoms with Crippen LogP contribution in [0.1, 0.15) is 11.1 Å². The van der Waals surface area contributed by atoms with Crippen molar-refractivity contribution in [1.82, 2.24) is 4.90 Å². The number of hydrogen-bond donors (Lipinski definition) is 1. The maximum absolute atomic E-state index is 12.6. The summed E-state index contributed by atoms with van der Waals surface area (Å²) in [6.45, 7) is 0. The van der Waals surface area contributed by atoms with Crippen molar-refractivity contribution in [3.8, 4) is 6.07 Å². The van der Waals surface area contributed by atoms with Crippen LogP contribution in [-0.2, 0) is 16.0 Å². The third-order valence-corrected chi connectivity index (χ3v) is 5.60. The lowest BCUT2D eigenvalue weighted by molar-refractivity contribution is -0.135. The van der Waals surface area contributed by atoms with Gasteiger partial charge in [-0.1, -0.05) is 28.1 Å². The van der Waals surface area contributed by atoms with Crippen LogP contribution in [-0.4, -0.2) is 34.4 Å². The van der Waals surface area contributed by atoms with Crippen LogP contribution in [0.4, 0.5) is 5.69 Å². The van der Waals surface area contributed by atoms with Gasteiger partial charge in [-0.15, -0.1) is 11.8 Å². The molecule has 132 valence electrons. The average molecular weight is 430 g/mol. The van der Waals surface area contributed by atoms with Crippen molar-refractivity contribution in [2.45, 2.75) is 12.5 Å². The van der Waals surface area contributed by atoms with Gasteiger partial charge in [-0.2, -0.15) is 5.26 Å². The number of nitriles is 1. The summed E-state index contributed by atoms with van der Waals surface area (Å²) >= 11 is 4.95. The van der Waals surface area contributed by atoms with E-state index in [0.717, 1.165) is 10.0 Å². The molecule has 1 saturated heterocycles. The Morgan fingerprint density at radius 2 is 1.88 bits per heavy atom. The number of rotatable bonds is 4. The van der Waals surface area contributed by atoms with Gasteiger partial charge < -0.3 is 10.2 Å². The Bertz CT molecular complexity index is 847. The number of thioether (sulfide) groups is 1. The largest absolute Gasteiger partial charge is 0.324 e. The van der Waals surface area contributed by atoms with Gasteiger partial charge in [-0.3, -0.25) is 9.59 Å². The second kappa shape index (κ2) is 8.39. The zero-order chi connectivity index (χ0) is 18.5. The van der Waals surface area contributed by atoms with Crippen molar-refractivity contribution >= 4 is 45.2 Å². The van der Waals surface area contributed by atoms with Crippen molar-refractivity contribution in [3.05, 3.63) is 64.1 Å². The molecule has 0 bridgehead atoms. The number of carbonyl (C=O) groups excluding carboxylic acids is 2. The monoisotopic (exact) mass is 429 g/mol. The highest BCUT2D eigenvalue weighted by Gasteiger charge is 2.34. The Morgan fingerprint density at radius 1 is 1.19 bits per heavy atom. The molecule has 0 aromatic heterocycles. The van der Waals surface area contributed by atoms with Crippen LogP contribution < -0.4 is 5.32 Å². The van der Waals surface area contributed by atoms with Crippen LogP contribution in [0.5, 0.6) is 0 Å². The van der Waals surface area contributed by atoms with Gasteiger partial charge >= 0.3 is 0 Å². The normalized spacial score (nSPS) is 16.2. The van der Waals surface area contributed by atoms with Crippen LogP contribution >= 0.6 is 27.7 Å². The van der Waals surface area contributed by atoms with Gasteiger partial charge in [0, 0.05) is 15.9 Å². The van der Waals surface area contributed by atoms with E-state index in [9.17, 15) is 9.59 Å². The van der Waals surface area contributed by atoms with Crippen molar-refractivity contribution in [3.63, 3.8) is 0 Å². The van der Waals surface area contributed by atoms with Gasteiger partial charge in [0.05, 0.1) is 23.9 Å². The molecule has 26 heavy (non-hydrogen) atoms. The van der Waals surface area contributed by atoms with Crippen molar-refractivity contribution in [2.24, 2.45) is 0 Å². The number of nitrogens with one attached hydrogen (secondary N) is 1. The lowest BCUT2D eigenvalue weighted by atomic mass is 10.1. The van der Waals surface area contributed by atoms with Gasteiger partial charge in [0.25, 0.3) is 0 Å². The molecular formula is C19H16BrN3O2S. The Morgan fingerprint density at radius 3 is 2.54 bits per heavy atom. The average Bonchev–Trinajstić information content (AvgIpc) is 3.14. The molecule has 1 unspecified atom stereocenters. The molecule has 0 spiro atoms. The molecule has 1 fully saturated rings. The molecule has 1 aliphatic heterocycles. The second-order valence-corrected chi connectivity index (χ2v) is 7.78. The van der Waals surface area contributed by atoms with Crippen LogP contribution in [0.15, 0.2) is 53.0 Å². The maximum Gasteiger partial charge on any atom is 0.248 e. The highest BCUT2D eigenvalue weighted by Crippen LogP contribution is 2.24. The Labute approximate surface area is 164 Å². The molecule has 7 heteroatoms. The molecule has 0 radical (unpaired) electrons. The van der Waals surface area contributed by atoms with Crippen molar-refractivity contribution < 1.29 is 9.59 Å². The Kier molecular flexibility index (Phi) is 5.96. The number of benzene rings is 2. The highest BCUT2D eigenvalue weighted by molar-refractivity contribution is 9.10. The van der Waals surface area contributed by atoms with E-state index in [1.165, 1.54) is 0 Å². The minimum absolute atomic E-state index is 0.0581. The van der Waals surface area contributed by atoms with E-state index in [1.54, 1.807) is 40.9 Å². The molecule has 5 nitrogen and oxygen atoms in total. The van der Waals surface area contributed by atoms with E-state index in [2.05, 4.69) is 21.2 Å². The minimum Gasteiger partial charge on any atom is -0.324 e. The van der Waals surface area contributed by atoms with E-state index in [-0.39, 0.29) is 18.2 Å². The summed E-state index contributed by atoms with van der Waals surface area (Å²) in [5, 5.41) is 11.7. The molecule has 2 aromatic rings. The first kappa shape index (κ1) is 18.5. The van der Waals surface area contributed by atoms with Crippen LogP contribution in [0.3, 0.4) is 0 Å². The van der Waals surface area contributed by atoms with Gasteiger partial charge in [-0.25, -0.2) is 0 Å².